The van der Waals surface area contributed by atoms with Crippen molar-refractivity contribution in [2.75, 3.05) is 27.3 Å². The van der Waals surface area contributed by atoms with Crippen LogP contribution in [0.15, 0.2) is 18.2 Å². The molecule has 2 rings (SSSR count). The van der Waals surface area contributed by atoms with Crippen molar-refractivity contribution in [3.8, 4) is 11.5 Å². The highest BCUT2D eigenvalue weighted by atomic mass is 16.5. The molecule has 112 valence electrons. The van der Waals surface area contributed by atoms with Gasteiger partial charge in [0.2, 0.25) is 0 Å². The second-order valence-electron chi connectivity index (χ2n) is 5.86. The Morgan fingerprint density at radius 1 is 1.30 bits per heavy atom. The number of benzene rings is 1. The molecule has 0 radical (unpaired) electrons. The number of nitrogens with two attached hydrogens (primary N) is 1. The smallest absolute Gasteiger partial charge is 0.123 e. The topological polar surface area (TPSA) is 47.7 Å². The molecule has 1 aromatic carbocycles. The lowest BCUT2D eigenvalue weighted by Crippen LogP contribution is -2.34. The molecule has 20 heavy (non-hydrogen) atoms. The van der Waals surface area contributed by atoms with Crippen LogP contribution in [0.2, 0.25) is 0 Å². The fourth-order valence-corrected chi connectivity index (χ4v) is 3.12. The van der Waals surface area contributed by atoms with Gasteiger partial charge in [0, 0.05) is 30.7 Å². The average molecular weight is 278 g/mol. The summed E-state index contributed by atoms with van der Waals surface area (Å²) in [5, 5.41) is 0. The highest BCUT2D eigenvalue weighted by Crippen LogP contribution is 2.31. The second-order valence-corrected chi connectivity index (χ2v) is 5.86. The van der Waals surface area contributed by atoms with E-state index in [0.29, 0.717) is 6.04 Å². The third kappa shape index (κ3) is 3.25. The van der Waals surface area contributed by atoms with Gasteiger partial charge in [-0.2, -0.15) is 0 Å². The highest BCUT2D eigenvalue weighted by molar-refractivity contribution is 5.42. The van der Waals surface area contributed by atoms with Crippen molar-refractivity contribution in [2.24, 2.45) is 11.7 Å². The Morgan fingerprint density at radius 2 is 2.05 bits per heavy atom. The first-order chi connectivity index (χ1) is 9.55. The molecule has 1 heterocycles. The molecule has 0 bridgehead atoms. The Hall–Kier alpha value is -1.26. The number of ether oxygens (including phenoxy) is 2. The van der Waals surface area contributed by atoms with Crippen molar-refractivity contribution in [3.63, 3.8) is 0 Å². The third-order valence-electron chi connectivity index (χ3n) is 4.18. The first kappa shape index (κ1) is 15.1. The van der Waals surface area contributed by atoms with Gasteiger partial charge in [0.25, 0.3) is 0 Å². The summed E-state index contributed by atoms with van der Waals surface area (Å²) in [4.78, 5) is 2.47. The molecule has 0 aromatic heterocycles. The van der Waals surface area contributed by atoms with E-state index in [0.717, 1.165) is 36.1 Å². The highest BCUT2D eigenvalue weighted by Gasteiger charge is 2.28. The lowest BCUT2D eigenvalue weighted by Gasteiger charge is -2.26. The molecule has 4 heteroatoms. The molecule has 3 atom stereocenters. The lowest BCUT2D eigenvalue weighted by atomic mass is 10.0. The van der Waals surface area contributed by atoms with Gasteiger partial charge >= 0.3 is 0 Å². The summed E-state index contributed by atoms with van der Waals surface area (Å²) < 4.78 is 10.7. The maximum atomic E-state index is 6.41. The summed E-state index contributed by atoms with van der Waals surface area (Å²) in [6.07, 6.45) is 1.25. The van der Waals surface area contributed by atoms with Gasteiger partial charge in [-0.1, -0.05) is 6.92 Å². The summed E-state index contributed by atoms with van der Waals surface area (Å²) in [7, 11) is 3.35. The van der Waals surface area contributed by atoms with Gasteiger partial charge in [-0.15, -0.1) is 0 Å². The summed E-state index contributed by atoms with van der Waals surface area (Å²) >= 11 is 0. The Bertz CT molecular complexity index is 450. The molecular weight excluding hydrogens is 252 g/mol. The average Bonchev–Trinajstić information content (AvgIpc) is 2.76. The van der Waals surface area contributed by atoms with Crippen molar-refractivity contribution in [3.05, 3.63) is 23.8 Å². The summed E-state index contributed by atoms with van der Waals surface area (Å²) in [6.45, 7) is 6.56. The Balaban J connectivity index is 2.13. The van der Waals surface area contributed by atoms with E-state index in [4.69, 9.17) is 15.2 Å². The van der Waals surface area contributed by atoms with Crippen LogP contribution in [0.25, 0.3) is 0 Å². The Labute approximate surface area is 121 Å². The normalized spacial score (nSPS) is 24.6. The van der Waals surface area contributed by atoms with Crippen LogP contribution in [0.3, 0.4) is 0 Å². The summed E-state index contributed by atoms with van der Waals surface area (Å²) in [6, 6.07) is 6.34. The quantitative estimate of drug-likeness (QED) is 0.898. The minimum Gasteiger partial charge on any atom is -0.497 e. The maximum Gasteiger partial charge on any atom is 0.123 e. The van der Waals surface area contributed by atoms with Crippen LogP contribution in [0.4, 0.5) is 0 Å². The molecule has 3 unspecified atom stereocenters. The molecule has 0 saturated carbocycles. The standard InChI is InChI=1S/C16H26N2O2/c1-11-7-12(2)18(9-11)10-15(17)14-8-13(19-3)5-6-16(14)20-4/h5-6,8,11-12,15H,7,9-10,17H2,1-4H3. The van der Waals surface area contributed by atoms with Gasteiger partial charge in [-0.25, -0.2) is 0 Å². The van der Waals surface area contributed by atoms with Crippen molar-refractivity contribution in [1.29, 1.82) is 0 Å². The molecule has 0 amide bonds. The van der Waals surface area contributed by atoms with E-state index >= 15 is 0 Å². The van der Waals surface area contributed by atoms with Crippen molar-refractivity contribution < 1.29 is 9.47 Å². The van der Waals surface area contributed by atoms with E-state index < -0.39 is 0 Å². The Morgan fingerprint density at radius 3 is 2.60 bits per heavy atom. The summed E-state index contributed by atoms with van der Waals surface area (Å²) in [5.74, 6) is 2.40. The van der Waals surface area contributed by atoms with Gasteiger partial charge in [0.05, 0.1) is 14.2 Å². The third-order valence-corrected chi connectivity index (χ3v) is 4.18. The van der Waals surface area contributed by atoms with Crippen LogP contribution in [-0.4, -0.2) is 38.3 Å². The van der Waals surface area contributed by atoms with Crippen LogP contribution in [0, 0.1) is 5.92 Å². The van der Waals surface area contributed by atoms with Gasteiger partial charge in [0.1, 0.15) is 11.5 Å². The van der Waals surface area contributed by atoms with Crippen LogP contribution in [0.5, 0.6) is 11.5 Å². The van der Waals surface area contributed by atoms with E-state index in [9.17, 15) is 0 Å². The van der Waals surface area contributed by atoms with Crippen molar-refractivity contribution in [1.82, 2.24) is 4.90 Å². The number of methoxy groups -OCH3 is 2. The van der Waals surface area contributed by atoms with Crippen molar-refractivity contribution in [2.45, 2.75) is 32.4 Å². The van der Waals surface area contributed by atoms with Crippen molar-refractivity contribution >= 4 is 0 Å². The minimum absolute atomic E-state index is 0.0622. The molecule has 4 nitrogen and oxygen atoms in total. The number of likely N-dealkylation sites (tertiary alicyclic amines) is 1. The molecule has 1 aliphatic rings. The largest absolute Gasteiger partial charge is 0.497 e. The predicted molar refractivity (Wildman–Crippen MR) is 81.3 cm³/mol. The first-order valence-electron chi connectivity index (χ1n) is 7.26. The zero-order chi connectivity index (χ0) is 14.7. The van der Waals surface area contributed by atoms with Crippen LogP contribution >= 0.6 is 0 Å². The molecule has 0 spiro atoms. The zero-order valence-electron chi connectivity index (χ0n) is 12.9. The van der Waals surface area contributed by atoms with E-state index in [1.54, 1.807) is 14.2 Å². The van der Waals surface area contributed by atoms with Gasteiger partial charge in [-0.3, -0.25) is 4.90 Å². The molecule has 2 N–H and O–H groups in total. The number of hydrogen-bond acceptors (Lipinski definition) is 4. The molecule has 0 aliphatic carbocycles. The van der Waals surface area contributed by atoms with Gasteiger partial charge < -0.3 is 15.2 Å². The SMILES string of the molecule is COc1ccc(OC)c(C(N)CN2CC(C)CC2C)c1. The van der Waals surface area contributed by atoms with E-state index in [1.165, 1.54) is 6.42 Å². The fraction of sp³-hybridized carbons (Fsp3) is 0.625. The van der Waals surface area contributed by atoms with Crippen LogP contribution in [-0.2, 0) is 0 Å². The number of hydrogen-bond donors (Lipinski definition) is 1. The van der Waals surface area contributed by atoms with Crippen LogP contribution < -0.4 is 15.2 Å². The molecule has 1 fully saturated rings. The van der Waals surface area contributed by atoms with E-state index in [1.807, 2.05) is 18.2 Å². The lowest BCUT2D eigenvalue weighted by molar-refractivity contribution is 0.247. The maximum absolute atomic E-state index is 6.41. The minimum atomic E-state index is -0.0622. The molecule has 1 saturated heterocycles. The first-order valence-corrected chi connectivity index (χ1v) is 7.26. The van der Waals surface area contributed by atoms with E-state index in [-0.39, 0.29) is 6.04 Å². The van der Waals surface area contributed by atoms with Gasteiger partial charge in [0.15, 0.2) is 0 Å². The second kappa shape index (κ2) is 6.46. The zero-order valence-corrected chi connectivity index (χ0v) is 12.9. The summed E-state index contributed by atoms with van der Waals surface area (Å²) in [5.41, 5.74) is 7.42. The van der Waals surface area contributed by atoms with Gasteiger partial charge in [-0.05, 0) is 37.5 Å². The number of nitrogens with zero attached hydrogens (tertiary/aromatic N) is 1. The predicted octanol–water partition coefficient (Wildman–Crippen LogP) is 2.43. The fourth-order valence-electron chi connectivity index (χ4n) is 3.12. The van der Waals surface area contributed by atoms with E-state index in [2.05, 4.69) is 18.7 Å². The molecular formula is C16H26N2O2. The number of rotatable bonds is 5. The molecule has 1 aromatic rings. The monoisotopic (exact) mass is 278 g/mol. The Kier molecular flexibility index (Phi) is 4.89. The molecule has 1 aliphatic heterocycles. The van der Waals surface area contributed by atoms with Crippen LogP contribution in [0.1, 0.15) is 31.9 Å².